The highest BCUT2D eigenvalue weighted by Gasteiger charge is 2.40. The first-order chi connectivity index (χ1) is 13.8. The van der Waals surface area contributed by atoms with Crippen LogP contribution in [0, 0.1) is 5.92 Å². The van der Waals surface area contributed by atoms with Gasteiger partial charge in [0.25, 0.3) is 5.91 Å². The first-order valence-electron chi connectivity index (χ1n) is 10.3. The minimum absolute atomic E-state index is 0.113. The number of aromatic nitrogens is 1. The zero-order chi connectivity index (χ0) is 19.3. The van der Waals surface area contributed by atoms with Gasteiger partial charge in [-0.1, -0.05) is 36.4 Å². The standard InChI is InChI=1S/C23H29N3O2/c1-28-22(18-8-3-2-4-9-18)23(27)26-14-7-10-19-16-25(15-12-21(19)26)17-20-11-5-6-13-24-20/h2-6,8-9,11,13,19,21-22H,7,10,12,14-17H2,1H3/t19-,21+,22?/m1/s1. The number of hydrogen-bond acceptors (Lipinski definition) is 4. The molecule has 148 valence electrons. The Labute approximate surface area is 167 Å². The zero-order valence-corrected chi connectivity index (χ0v) is 16.5. The molecule has 2 saturated heterocycles. The Hall–Kier alpha value is -2.24. The summed E-state index contributed by atoms with van der Waals surface area (Å²) in [4.78, 5) is 22.4. The molecule has 0 saturated carbocycles. The fourth-order valence-corrected chi connectivity index (χ4v) is 4.77. The van der Waals surface area contributed by atoms with Crippen LogP contribution < -0.4 is 0 Å². The van der Waals surface area contributed by atoms with Crippen LogP contribution in [-0.4, -0.2) is 53.5 Å². The summed E-state index contributed by atoms with van der Waals surface area (Å²) in [6, 6.07) is 16.3. The van der Waals surface area contributed by atoms with E-state index in [1.54, 1.807) is 7.11 Å². The summed E-state index contributed by atoms with van der Waals surface area (Å²) >= 11 is 0. The molecule has 1 amide bonds. The molecule has 2 fully saturated rings. The summed E-state index contributed by atoms with van der Waals surface area (Å²) in [5, 5.41) is 0. The molecule has 0 N–H and O–H groups in total. The molecule has 3 heterocycles. The number of piperidine rings is 2. The second-order valence-corrected chi connectivity index (χ2v) is 7.87. The third-order valence-corrected chi connectivity index (χ3v) is 6.11. The van der Waals surface area contributed by atoms with Crippen LogP contribution in [0.1, 0.15) is 36.6 Å². The largest absolute Gasteiger partial charge is 0.367 e. The number of carbonyl (C=O) groups excluding carboxylic acids is 1. The van der Waals surface area contributed by atoms with Crippen LogP contribution in [-0.2, 0) is 16.1 Å². The fraction of sp³-hybridized carbons (Fsp3) is 0.478. The Morgan fingerprint density at radius 3 is 2.71 bits per heavy atom. The minimum Gasteiger partial charge on any atom is -0.367 e. The van der Waals surface area contributed by atoms with E-state index in [9.17, 15) is 4.79 Å². The molecule has 3 atom stereocenters. The Morgan fingerprint density at radius 1 is 1.14 bits per heavy atom. The van der Waals surface area contributed by atoms with Gasteiger partial charge in [-0.05, 0) is 42.9 Å². The van der Waals surface area contributed by atoms with Gasteiger partial charge in [-0.15, -0.1) is 0 Å². The highest BCUT2D eigenvalue weighted by molar-refractivity contribution is 5.82. The number of hydrogen-bond donors (Lipinski definition) is 0. The van der Waals surface area contributed by atoms with Crippen LogP contribution in [0.3, 0.4) is 0 Å². The van der Waals surface area contributed by atoms with Crippen molar-refractivity contribution in [1.82, 2.24) is 14.8 Å². The molecule has 0 aliphatic carbocycles. The van der Waals surface area contributed by atoms with Gasteiger partial charge < -0.3 is 9.64 Å². The predicted octanol–water partition coefficient (Wildman–Crippen LogP) is 3.28. The third kappa shape index (κ3) is 4.10. The average Bonchev–Trinajstić information content (AvgIpc) is 2.75. The number of ether oxygens (including phenoxy) is 1. The second-order valence-electron chi connectivity index (χ2n) is 7.87. The quantitative estimate of drug-likeness (QED) is 0.800. The predicted molar refractivity (Wildman–Crippen MR) is 109 cm³/mol. The molecule has 0 bridgehead atoms. The molecule has 4 rings (SSSR count). The number of rotatable bonds is 5. The molecule has 28 heavy (non-hydrogen) atoms. The molecule has 1 aromatic carbocycles. The van der Waals surface area contributed by atoms with E-state index in [0.717, 1.165) is 50.3 Å². The molecule has 5 nitrogen and oxygen atoms in total. The van der Waals surface area contributed by atoms with E-state index in [1.807, 2.05) is 48.7 Å². The summed E-state index contributed by atoms with van der Waals surface area (Å²) in [6.45, 7) is 3.77. The number of benzene rings is 1. The highest BCUT2D eigenvalue weighted by atomic mass is 16.5. The van der Waals surface area contributed by atoms with Gasteiger partial charge in [-0.25, -0.2) is 0 Å². The average molecular weight is 380 g/mol. The maximum Gasteiger partial charge on any atom is 0.256 e. The first kappa shape index (κ1) is 19.1. The van der Waals surface area contributed by atoms with Crippen molar-refractivity contribution in [2.24, 2.45) is 5.92 Å². The molecule has 2 aliphatic rings. The number of carbonyl (C=O) groups is 1. The molecular weight excluding hydrogens is 350 g/mol. The van der Waals surface area contributed by atoms with Gasteiger partial charge in [0.1, 0.15) is 0 Å². The Balaban J connectivity index is 1.44. The van der Waals surface area contributed by atoms with Gasteiger partial charge in [-0.2, -0.15) is 0 Å². The van der Waals surface area contributed by atoms with Crippen molar-refractivity contribution in [1.29, 1.82) is 0 Å². The van der Waals surface area contributed by atoms with Gasteiger partial charge in [0.15, 0.2) is 6.10 Å². The smallest absolute Gasteiger partial charge is 0.256 e. The number of amides is 1. The van der Waals surface area contributed by atoms with E-state index >= 15 is 0 Å². The van der Waals surface area contributed by atoms with Crippen LogP contribution in [0.5, 0.6) is 0 Å². The number of nitrogens with zero attached hydrogens (tertiary/aromatic N) is 3. The third-order valence-electron chi connectivity index (χ3n) is 6.11. The van der Waals surface area contributed by atoms with Crippen LogP contribution in [0.2, 0.25) is 0 Å². The summed E-state index contributed by atoms with van der Waals surface area (Å²) in [5.41, 5.74) is 2.05. The van der Waals surface area contributed by atoms with E-state index < -0.39 is 6.10 Å². The van der Waals surface area contributed by atoms with Crippen molar-refractivity contribution in [2.75, 3.05) is 26.7 Å². The van der Waals surface area contributed by atoms with Gasteiger partial charge in [-0.3, -0.25) is 14.7 Å². The van der Waals surface area contributed by atoms with E-state index in [1.165, 1.54) is 6.42 Å². The topological polar surface area (TPSA) is 45.7 Å². The molecular formula is C23H29N3O2. The normalized spacial score (nSPS) is 23.8. The lowest BCUT2D eigenvalue weighted by molar-refractivity contribution is -0.149. The molecule has 2 aromatic rings. The second kappa shape index (κ2) is 8.84. The molecule has 1 aromatic heterocycles. The zero-order valence-electron chi connectivity index (χ0n) is 16.5. The molecule has 0 spiro atoms. The SMILES string of the molecule is COC(C(=O)N1CCC[C@@H]2CN(Cc3ccccn3)CC[C@@H]21)c1ccccc1. The summed E-state index contributed by atoms with van der Waals surface area (Å²) in [6.07, 6.45) is 4.63. The van der Waals surface area contributed by atoms with Crippen molar-refractivity contribution in [3.8, 4) is 0 Å². The minimum atomic E-state index is -0.508. The summed E-state index contributed by atoms with van der Waals surface area (Å²) in [5.74, 6) is 0.644. The molecule has 1 unspecified atom stereocenters. The lowest BCUT2D eigenvalue weighted by Gasteiger charge is -2.48. The summed E-state index contributed by atoms with van der Waals surface area (Å²) < 4.78 is 5.62. The lowest BCUT2D eigenvalue weighted by Crippen LogP contribution is -2.56. The van der Waals surface area contributed by atoms with Crippen LogP contribution in [0.4, 0.5) is 0 Å². The van der Waals surface area contributed by atoms with E-state index in [2.05, 4.69) is 20.9 Å². The Kier molecular flexibility index (Phi) is 6.03. The van der Waals surface area contributed by atoms with E-state index in [-0.39, 0.29) is 5.91 Å². The first-order valence-corrected chi connectivity index (χ1v) is 10.3. The van der Waals surface area contributed by atoms with Crippen molar-refractivity contribution >= 4 is 5.91 Å². The maximum absolute atomic E-state index is 13.3. The lowest BCUT2D eigenvalue weighted by atomic mass is 9.83. The van der Waals surface area contributed by atoms with E-state index in [4.69, 9.17) is 4.74 Å². The molecule has 2 aliphatic heterocycles. The van der Waals surface area contributed by atoms with Crippen LogP contribution in [0.15, 0.2) is 54.7 Å². The monoisotopic (exact) mass is 379 g/mol. The van der Waals surface area contributed by atoms with Crippen molar-refractivity contribution < 1.29 is 9.53 Å². The number of likely N-dealkylation sites (tertiary alicyclic amines) is 2. The maximum atomic E-state index is 13.3. The van der Waals surface area contributed by atoms with Crippen molar-refractivity contribution in [2.45, 2.75) is 38.0 Å². The van der Waals surface area contributed by atoms with Gasteiger partial charge in [0, 0.05) is 45.5 Å². The summed E-state index contributed by atoms with van der Waals surface area (Å²) in [7, 11) is 1.63. The van der Waals surface area contributed by atoms with Gasteiger partial charge in [0.05, 0.1) is 5.69 Å². The van der Waals surface area contributed by atoms with Crippen LogP contribution in [0.25, 0.3) is 0 Å². The van der Waals surface area contributed by atoms with E-state index in [0.29, 0.717) is 12.0 Å². The van der Waals surface area contributed by atoms with Gasteiger partial charge in [0.2, 0.25) is 0 Å². The Bertz CT molecular complexity index is 768. The molecule has 0 radical (unpaired) electrons. The van der Waals surface area contributed by atoms with Crippen molar-refractivity contribution in [3.63, 3.8) is 0 Å². The number of pyridine rings is 1. The van der Waals surface area contributed by atoms with Crippen LogP contribution >= 0.6 is 0 Å². The fourth-order valence-electron chi connectivity index (χ4n) is 4.77. The van der Waals surface area contributed by atoms with Gasteiger partial charge >= 0.3 is 0 Å². The number of fused-ring (bicyclic) bond motifs is 1. The number of methoxy groups -OCH3 is 1. The molecule has 5 heteroatoms. The Morgan fingerprint density at radius 2 is 1.96 bits per heavy atom. The van der Waals surface area contributed by atoms with Crippen molar-refractivity contribution in [3.05, 3.63) is 66.0 Å². The highest BCUT2D eigenvalue weighted by Crippen LogP contribution is 2.33.